The lowest BCUT2D eigenvalue weighted by molar-refractivity contribution is -0.125. The predicted molar refractivity (Wildman–Crippen MR) is 61.6 cm³/mol. The maximum atomic E-state index is 11.2. The minimum atomic E-state index is -0.0493. The van der Waals surface area contributed by atoms with E-state index < -0.39 is 0 Å². The molecular weight excluding hydrogens is 192 g/mol. The van der Waals surface area contributed by atoms with Gasteiger partial charge in [-0.05, 0) is 18.9 Å². The smallest absolute Gasteiger partial charge is 0.246 e. The van der Waals surface area contributed by atoms with E-state index in [-0.39, 0.29) is 12.5 Å². The minimum Gasteiger partial charge on any atom is -0.372 e. The van der Waals surface area contributed by atoms with Crippen molar-refractivity contribution in [3.8, 4) is 0 Å². The van der Waals surface area contributed by atoms with E-state index in [2.05, 4.69) is 12.2 Å². The molecule has 4 nitrogen and oxygen atoms in total. The lowest BCUT2D eigenvalue weighted by Gasteiger charge is -2.10. The first-order valence-electron chi connectivity index (χ1n) is 5.75. The van der Waals surface area contributed by atoms with E-state index in [0.717, 1.165) is 12.8 Å². The van der Waals surface area contributed by atoms with Crippen molar-refractivity contribution in [2.24, 2.45) is 11.7 Å². The summed E-state index contributed by atoms with van der Waals surface area (Å²) < 4.78 is 5.22. The number of amides is 1. The zero-order valence-corrected chi connectivity index (χ0v) is 9.92. The van der Waals surface area contributed by atoms with Gasteiger partial charge in [-0.15, -0.1) is 0 Å². The largest absolute Gasteiger partial charge is 0.372 e. The first-order valence-corrected chi connectivity index (χ1v) is 5.75. The molecule has 0 aromatic heterocycles. The van der Waals surface area contributed by atoms with E-state index in [1.54, 1.807) is 0 Å². The number of hydrogen-bond acceptors (Lipinski definition) is 3. The highest BCUT2D eigenvalue weighted by molar-refractivity contribution is 5.77. The van der Waals surface area contributed by atoms with Crippen LogP contribution in [0.1, 0.15) is 33.1 Å². The molecule has 1 atom stereocenters. The van der Waals surface area contributed by atoms with Crippen LogP contribution in [-0.4, -0.2) is 32.2 Å². The van der Waals surface area contributed by atoms with Gasteiger partial charge in [-0.3, -0.25) is 4.79 Å². The van der Waals surface area contributed by atoms with Gasteiger partial charge in [-0.25, -0.2) is 0 Å². The van der Waals surface area contributed by atoms with Crippen molar-refractivity contribution in [2.45, 2.75) is 33.1 Å². The van der Waals surface area contributed by atoms with Gasteiger partial charge in [0, 0.05) is 13.2 Å². The predicted octanol–water partition coefficient (Wildman–Crippen LogP) is 0.904. The molecule has 15 heavy (non-hydrogen) atoms. The highest BCUT2D eigenvalue weighted by Gasteiger charge is 2.03. The third kappa shape index (κ3) is 9.69. The topological polar surface area (TPSA) is 64.3 Å². The Labute approximate surface area is 92.6 Å². The number of carbonyl (C=O) groups is 1. The molecule has 0 saturated carbocycles. The van der Waals surface area contributed by atoms with Gasteiger partial charge in [-0.2, -0.15) is 0 Å². The first-order chi connectivity index (χ1) is 7.20. The maximum Gasteiger partial charge on any atom is 0.246 e. The number of rotatable bonds is 9. The molecule has 0 aliphatic rings. The van der Waals surface area contributed by atoms with Gasteiger partial charge in [0.25, 0.3) is 0 Å². The van der Waals surface area contributed by atoms with E-state index in [1.165, 1.54) is 6.42 Å². The van der Waals surface area contributed by atoms with Crippen LogP contribution in [0.25, 0.3) is 0 Å². The Kier molecular flexibility index (Phi) is 9.52. The summed E-state index contributed by atoms with van der Waals surface area (Å²) in [5.41, 5.74) is 5.43. The number of ether oxygens (including phenoxy) is 1. The minimum absolute atomic E-state index is 0.0493. The third-order valence-corrected chi connectivity index (χ3v) is 2.18. The van der Waals surface area contributed by atoms with Crippen molar-refractivity contribution in [3.63, 3.8) is 0 Å². The van der Waals surface area contributed by atoms with Crippen molar-refractivity contribution in [1.29, 1.82) is 0 Å². The van der Waals surface area contributed by atoms with Crippen LogP contribution in [0, 0.1) is 5.92 Å². The Bertz CT molecular complexity index is 163. The standard InChI is InChI=1S/C11H24N2O2/c1-3-4-5-6-15-9-11(14)13-8-10(2)7-12/h10H,3-9,12H2,1-2H3,(H,13,14). The van der Waals surface area contributed by atoms with Crippen LogP contribution in [0.15, 0.2) is 0 Å². The number of unbranched alkanes of at least 4 members (excludes halogenated alkanes) is 2. The summed E-state index contributed by atoms with van der Waals surface area (Å²) in [4.78, 5) is 11.2. The second-order valence-corrected chi connectivity index (χ2v) is 3.90. The molecule has 4 heteroatoms. The average molecular weight is 216 g/mol. The molecule has 0 spiro atoms. The van der Waals surface area contributed by atoms with E-state index >= 15 is 0 Å². The molecule has 0 saturated heterocycles. The molecule has 0 aliphatic carbocycles. The molecule has 0 aromatic rings. The zero-order valence-electron chi connectivity index (χ0n) is 9.92. The quantitative estimate of drug-likeness (QED) is 0.563. The van der Waals surface area contributed by atoms with Crippen molar-refractivity contribution in [1.82, 2.24) is 5.32 Å². The maximum absolute atomic E-state index is 11.2. The lowest BCUT2D eigenvalue weighted by atomic mass is 10.2. The van der Waals surface area contributed by atoms with Crippen molar-refractivity contribution in [3.05, 3.63) is 0 Å². The molecule has 0 bridgehead atoms. The zero-order chi connectivity index (χ0) is 11.5. The van der Waals surface area contributed by atoms with Crippen LogP contribution in [-0.2, 0) is 9.53 Å². The fraction of sp³-hybridized carbons (Fsp3) is 0.909. The summed E-state index contributed by atoms with van der Waals surface area (Å²) in [6.07, 6.45) is 3.36. The van der Waals surface area contributed by atoms with E-state index in [9.17, 15) is 4.79 Å². The van der Waals surface area contributed by atoms with Crippen LogP contribution in [0.5, 0.6) is 0 Å². The summed E-state index contributed by atoms with van der Waals surface area (Å²) in [6.45, 7) is 6.21. The molecular formula is C11H24N2O2. The number of carbonyl (C=O) groups excluding carboxylic acids is 1. The molecule has 0 radical (unpaired) electrons. The van der Waals surface area contributed by atoms with Gasteiger partial charge in [0.15, 0.2) is 0 Å². The fourth-order valence-electron chi connectivity index (χ4n) is 1.04. The number of nitrogens with one attached hydrogen (secondary N) is 1. The van der Waals surface area contributed by atoms with Gasteiger partial charge in [0.1, 0.15) is 6.61 Å². The Morgan fingerprint density at radius 3 is 2.80 bits per heavy atom. The van der Waals surface area contributed by atoms with Crippen LogP contribution in [0.2, 0.25) is 0 Å². The molecule has 0 rings (SSSR count). The van der Waals surface area contributed by atoms with Crippen LogP contribution >= 0.6 is 0 Å². The fourth-order valence-corrected chi connectivity index (χ4v) is 1.04. The normalized spacial score (nSPS) is 12.5. The molecule has 0 aliphatic heterocycles. The van der Waals surface area contributed by atoms with Crippen LogP contribution in [0.4, 0.5) is 0 Å². The van der Waals surface area contributed by atoms with Gasteiger partial charge in [0.05, 0.1) is 0 Å². The number of nitrogens with two attached hydrogens (primary N) is 1. The van der Waals surface area contributed by atoms with Crippen molar-refractivity contribution in [2.75, 3.05) is 26.3 Å². The van der Waals surface area contributed by atoms with Gasteiger partial charge < -0.3 is 15.8 Å². The second-order valence-electron chi connectivity index (χ2n) is 3.90. The summed E-state index contributed by atoms with van der Waals surface area (Å²) in [5, 5.41) is 2.78. The van der Waals surface area contributed by atoms with Crippen molar-refractivity contribution >= 4 is 5.91 Å². The molecule has 0 heterocycles. The van der Waals surface area contributed by atoms with E-state index in [1.807, 2.05) is 6.92 Å². The SMILES string of the molecule is CCCCCOCC(=O)NCC(C)CN. The average Bonchev–Trinajstić information content (AvgIpc) is 2.25. The van der Waals surface area contributed by atoms with Crippen molar-refractivity contribution < 1.29 is 9.53 Å². The van der Waals surface area contributed by atoms with Gasteiger partial charge in [0.2, 0.25) is 5.91 Å². The summed E-state index contributed by atoms with van der Waals surface area (Å²) in [6, 6.07) is 0. The van der Waals surface area contributed by atoms with Crippen LogP contribution < -0.4 is 11.1 Å². The second kappa shape index (κ2) is 9.93. The third-order valence-electron chi connectivity index (χ3n) is 2.18. The molecule has 0 aromatic carbocycles. The molecule has 1 amide bonds. The highest BCUT2D eigenvalue weighted by Crippen LogP contribution is 1.93. The highest BCUT2D eigenvalue weighted by atomic mass is 16.5. The lowest BCUT2D eigenvalue weighted by Crippen LogP contribution is -2.33. The monoisotopic (exact) mass is 216 g/mol. The number of hydrogen-bond donors (Lipinski definition) is 2. The van der Waals surface area contributed by atoms with Crippen LogP contribution in [0.3, 0.4) is 0 Å². The Hall–Kier alpha value is -0.610. The molecule has 3 N–H and O–H groups in total. The molecule has 90 valence electrons. The Morgan fingerprint density at radius 2 is 2.20 bits per heavy atom. The first kappa shape index (κ1) is 14.4. The summed E-state index contributed by atoms with van der Waals surface area (Å²) in [5.74, 6) is 0.279. The summed E-state index contributed by atoms with van der Waals surface area (Å²) in [7, 11) is 0. The van der Waals surface area contributed by atoms with Gasteiger partial charge in [-0.1, -0.05) is 26.7 Å². The van der Waals surface area contributed by atoms with E-state index in [0.29, 0.717) is 25.6 Å². The van der Waals surface area contributed by atoms with E-state index in [4.69, 9.17) is 10.5 Å². The Balaban J connectivity index is 3.26. The molecule has 1 unspecified atom stereocenters. The Morgan fingerprint density at radius 1 is 1.47 bits per heavy atom. The van der Waals surface area contributed by atoms with Gasteiger partial charge >= 0.3 is 0 Å². The molecule has 0 fully saturated rings. The summed E-state index contributed by atoms with van der Waals surface area (Å²) >= 11 is 0.